The topological polar surface area (TPSA) is 90.3 Å². The average molecular weight is 335 g/mol. The average Bonchev–Trinajstić information content (AvgIpc) is 2.48. The number of rotatable bonds is 4. The summed E-state index contributed by atoms with van der Waals surface area (Å²) in [5, 5.41) is 12.0. The minimum absolute atomic E-state index is 0.0246. The molecule has 0 radical (unpaired) electrons. The van der Waals surface area contributed by atoms with Crippen LogP contribution in [0.2, 0.25) is 0 Å². The number of sulfonamides is 1. The van der Waals surface area contributed by atoms with Gasteiger partial charge in [-0.3, -0.25) is 4.79 Å². The fourth-order valence-electron chi connectivity index (χ4n) is 2.78. The molecule has 0 bridgehead atoms. The molecule has 1 unspecified atom stereocenters. The van der Waals surface area contributed by atoms with E-state index >= 15 is 0 Å². The van der Waals surface area contributed by atoms with Crippen molar-refractivity contribution in [2.24, 2.45) is 5.92 Å². The van der Waals surface area contributed by atoms with Crippen LogP contribution in [-0.4, -0.2) is 37.8 Å². The number of carbonyl (C=O) groups is 1. The highest BCUT2D eigenvalue weighted by atomic mass is 32.2. The van der Waals surface area contributed by atoms with E-state index in [9.17, 15) is 18.5 Å². The maximum absolute atomic E-state index is 13.1. The van der Waals surface area contributed by atoms with Crippen LogP contribution in [0, 0.1) is 24.2 Å². The van der Waals surface area contributed by atoms with Crippen molar-refractivity contribution in [3.63, 3.8) is 0 Å². The van der Waals surface area contributed by atoms with Crippen LogP contribution in [-0.2, 0) is 14.8 Å². The van der Waals surface area contributed by atoms with E-state index in [2.05, 4.69) is 5.32 Å². The fraction of sp³-hybridized carbons (Fsp3) is 0.500. The SMILES string of the molecule is Cc1cccc(S(=O)(=O)N2CCNC(=O)C2CC(C)C)c1C#N. The van der Waals surface area contributed by atoms with Crippen LogP contribution in [0.25, 0.3) is 0 Å². The number of hydrogen-bond acceptors (Lipinski definition) is 4. The number of hydrogen-bond donors (Lipinski definition) is 1. The van der Waals surface area contributed by atoms with Crippen molar-refractivity contribution in [3.05, 3.63) is 29.3 Å². The Hall–Kier alpha value is -1.91. The summed E-state index contributed by atoms with van der Waals surface area (Å²) in [6, 6.07) is 5.98. The molecule has 1 aliphatic heterocycles. The number of nitrogens with zero attached hydrogens (tertiary/aromatic N) is 2. The lowest BCUT2D eigenvalue weighted by Gasteiger charge is -2.35. The first-order valence-electron chi connectivity index (χ1n) is 7.58. The Kier molecular flexibility index (Phi) is 5.07. The van der Waals surface area contributed by atoms with Crippen molar-refractivity contribution in [1.29, 1.82) is 5.26 Å². The van der Waals surface area contributed by atoms with Crippen LogP contribution in [0.3, 0.4) is 0 Å². The molecule has 1 fully saturated rings. The van der Waals surface area contributed by atoms with Crippen LogP contribution in [0.1, 0.15) is 31.4 Å². The monoisotopic (exact) mass is 335 g/mol. The van der Waals surface area contributed by atoms with Crippen LogP contribution in [0.15, 0.2) is 23.1 Å². The summed E-state index contributed by atoms with van der Waals surface area (Å²) < 4.78 is 27.3. The van der Waals surface area contributed by atoms with Crippen molar-refractivity contribution in [2.75, 3.05) is 13.1 Å². The predicted octanol–water partition coefficient (Wildman–Crippen LogP) is 1.40. The van der Waals surface area contributed by atoms with Gasteiger partial charge in [0.05, 0.1) is 5.56 Å². The minimum Gasteiger partial charge on any atom is -0.353 e. The second-order valence-electron chi connectivity index (χ2n) is 6.11. The molecule has 6 nitrogen and oxygen atoms in total. The van der Waals surface area contributed by atoms with Gasteiger partial charge in [0, 0.05) is 13.1 Å². The largest absolute Gasteiger partial charge is 0.353 e. The number of aryl methyl sites for hydroxylation is 1. The van der Waals surface area contributed by atoms with E-state index in [1.807, 2.05) is 19.9 Å². The lowest BCUT2D eigenvalue weighted by Crippen LogP contribution is -2.57. The summed E-state index contributed by atoms with van der Waals surface area (Å²) >= 11 is 0. The third-order valence-electron chi connectivity index (χ3n) is 3.91. The van der Waals surface area contributed by atoms with E-state index in [1.165, 1.54) is 10.4 Å². The molecule has 1 heterocycles. The molecule has 1 atom stereocenters. The molecule has 1 aromatic rings. The zero-order valence-electron chi connectivity index (χ0n) is 13.5. The molecule has 0 aliphatic carbocycles. The third-order valence-corrected chi connectivity index (χ3v) is 5.86. The van der Waals surface area contributed by atoms with Gasteiger partial charge < -0.3 is 5.32 Å². The van der Waals surface area contributed by atoms with Gasteiger partial charge in [0.15, 0.2) is 0 Å². The van der Waals surface area contributed by atoms with Gasteiger partial charge >= 0.3 is 0 Å². The van der Waals surface area contributed by atoms with Gasteiger partial charge in [-0.1, -0.05) is 26.0 Å². The molecule has 0 saturated carbocycles. The second-order valence-corrected chi connectivity index (χ2v) is 7.97. The molecule has 0 spiro atoms. The van der Waals surface area contributed by atoms with Crippen molar-refractivity contribution < 1.29 is 13.2 Å². The zero-order valence-corrected chi connectivity index (χ0v) is 14.4. The molecule has 7 heteroatoms. The number of amides is 1. The standard InChI is InChI=1S/C16H21N3O3S/c1-11(2)9-14-16(20)18-7-8-19(14)23(21,22)15-6-4-5-12(3)13(15)10-17/h4-6,11,14H,7-9H2,1-3H3,(H,18,20). The number of nitriles is 1. The van der Waals surface area contributed by atoms with Gasteiger partial charge in [-0.25, -0.2) is 8.42 Å². The maximum Gasteiger partial charge on any atom is 0.245 e. The van der Waals surface area contributed by atoms with Crippen LogP contribution < -0.4 is 5.32 Å². The highest BCUT2D eigenvalue weighted by molar-refractivity contribution is 7.89. The van der Waals surface area contributed by atoms with Gasteiger partial charge in [-0.2, -0.15) is 9.57 Å². The molecule has 1 N–H and O–H groups in total. The summed E-state index contributed by atoms with van der Waals surface area (Å²) in [6.45, 7) is 6.08. The van der Waals surface area contributed by atoms with E-state index in [0.29, 0.717) is 12.0 Å². The van der Waals surface area contributed by atoms with Gasteiger partial charge in [0.2, 0.25) is 15.9 Å². The molecule has 2 rings (SSSR count). The molecule has 1 aliphatic rings. The summed E-state index contributed by atoms with van der Waals surface area (Å²) in [7, 11) is -3.90. The molecule has 23 heavy (non-hydrogen) atoms. The molecule has 124 valence electrons. The van der Waals surface area contributed by atoms with E-state index in [-0.39, 0.29) is 35.4 Å². The first-order chi connectivity index (χ1) is 10.8. The Labute approximate surface area is 137 Å². The van der Waals surface area contributed by atoms with Gasteiger partial charge in [-0.05, 0) is 30.9 Å². The molecule has 1 saturated heterocycles. The molecule has 1 amide bonds. The Balaban J connectivity index is 2.51. The number of carbonyl (C=O) groups excluding carboxylic acids is 1. The van der Waals surface area contributed by atoms with Crippen LogP contribution in [0.4, 0.5) is 0 Å². The third kappa shape index (κ3) is 3.38. The summed E-state index contributed by atoms with van der Waals surface area (Å²) in [4.78, 5) is 12.1. The van der Waals surface area contributed by atoms with E-state index in [4.69, 9.17) is 0 Å². The summed E-state index contributed by atoms with van der Waals surface area (Å²) in [5.74, 6) is -0.103. The van der Waals surface area contributed by atoms with E-state index in [1.54, 1.807) is 19.1 Å². The Morgan fingerprint density at radius 1 is 1.43 bits per heavy atom. The lowest BCUT2D eigenvalue weighted by molar-refractivity contribution is -0.127. The minimum atomic E-state index is -3.90. The van der Waals surface area contributed by atoms with Gasteiger partial charge in [0.1, 0.15) is 17.0 Å². The van der Waals surface area contributed by atoms with Gasteiger partial charge in [0.25, 0.3) is 0 Å². The Morgan fingerprint density at radius 2 is 2.13 bits per heavy atom. The van der Waals surface area contributed by atoms with Crippen molar-refractivity contribution in [3.8, 4) is 6.07 Å². The Morgan fingerprint density at radius 3 is 2.74 bits per heavy atom. The van der Waals surface area contributed by atoms with Crippen molar-refractivity contribution >= 4 is 15.9 Å². The smallest absolute Gasteiger partial charge is 0.245 e. The molecular weight excluding hydrogens is 314 g/mol. The van der Waals surface area contributed by atoms with Gasteiger partial charge in [-0.15, -0.1) is 0 Å². The van der Waals surface area contributed by atoms with E-state index < -0.39 is 16.1 Å². The Bertz CT molecular complexity index is 750. The number of nitrogens with one attached hydrogen (secondary N) is 1. The quantitative estimate of drug-likeness (QED) is 0.900. The molecular formula is C16H21N3O3S. The van der Waals surface area contributed by atoms with Crippen molar-refractivity contribution in [2.45, 2.75) is 38.1 Å². The zero-order chi connectivity index (χ0) is 17.2. The second kappa shape index (κ2) is 6.69. The normalized spacial score (nSPS) is 19.4. The first kappa shape index (κ1) is 17.4. The summed E-state index contributed by atoms with van der Waals surface area (Å²) in [5.41, 5.74) is 0.747. The summed E-state index contributed by atoms with van der Waals surface area (Å²) in [6.07, 6.45) is 0.443. The highest BCUT2D eigenvalue weighted by Crippen LogP contribution is 2.27. The van der Waals surface area contributed by atoms with Crippen LogP contribution >= 0.6 is 0 Å². The first-order valence-corrected chi connectivity index (χ1v) is 9.02. The van der Waals surface area contributed by atoms with Crippen LogP contribution in [0.5, 0.6) is 0 Å². The predicted molar refractivity (Wildman–Crippen MR) is 86.0 cm³/mol. The highest BCUT2D eigenvalue weighted by Gasteiger charge is 2.39. The molecule has 1 aromatic carbocycles. The lowest BCUT2D eigenvalue weighted by atomic mass is 10.0. The van der Waals surface area contributed by atoms with E-state index in [0.717, 1.165) is 0 Å². The molecule has 0 aromatic heterocycles. The maximum atomic E-state index is 13.1. The number of piperazine rings is 1. The fourth-order valence-corrected chi connectivity index (χ4v) is 4.59. The number of benzene rings is 1. The van der Waals surface area contributed by atoms with Crippen molar-refractivity contribution in [1.82, 2.24) is 9.62 Å².